The van der Waals surface area contributed by atoms with Gasteiger partial charge in [0.2, 0.25) is 0 Å². The monoisotopic (exact) mass is 649 g/mol. The summed E-state index contributed by atoms with van der Waals surface area (Å²) >= 11 is 1.32. The van der Waals surface area contributed by atoms with Crippen LogP contribution in [0.25, 0.3) is 17.0 Å². The van der Waals surface area contributed by atoms with Crippen molar-refractivity contribution >= 4 is 46.0 Å². The predicted molar refractivity (Wildman–Crippen MR) is 175 cm³/mol. The van der Waals surface area contributed by atoms with Crippen LogP contribution in [-0.4, -0.2) is 50.5 Å². The van der Waals surface area contributed by atoms with Crippen LogP contribution in [0.3, 0.4) is 0 Å². The number of carbonyl (C=O) groups is 3. The summed E-state index contributed by atoms with van der Waals surface area (Å²) in [5, 5.41) is 8.54. The van der Waals surface area contributed by atoms with E-state index in [1.165, 1.54) is 24.2 Å². The molecule has 2 aromatic heterocycles. The van der Waals surface area contributed by atoms with Crippen molar-refractivity contribution in [2.75, 3.05) is 6.61 Å². The van der Waals surface area contributed by atoms with Crippen molar-refractivity contribution < 1.29 is 28.6 Å². The fraction of sp³-hybridized carbons (Fsp3) is 0.543. The van der Waals surface area contributed by atoms with Crippen LogP contribution in [0.2, 0.25) is 0 Å². The third kappa shape index (κ3) is 7.74. The Labute approximate surface area is 273 Å². The SMILES string of the molecule is CC1CC(OCC2CC2)=Cc2sc(C(=O)CC(CCn3nnc4ccccc4c3=O)(C(=O)OC(C)(C)C)C(=O)OC(C)(C)C)cc21. The number of aromatic nitrogens is 3. The molecular formula is C35H43N3O7S. The average Bonchev–Trinajstić information content (AvgIpc) is 3.69. The molecule has 246 valence electrons. The van der Waals surface area contributed by atoms with Gasteiger partial charge in [-0.1, -0.05) is 24.3 Å². The highest BCUT2D eigenvalue weighted by Gasteiger charge is 2.52. The van der Waals surface area contributed by atoms with E-state index in [0.29, 0.717) is 28.3 Å². The molecular weight excluding hydrogens is 606 g/mol. The van der Waals surface area contributed by atoms with Crippen molar-refractivity contribution in [2.24, 2.45) is 11.3 Å². The molecule has 0 saturated heterocycles. The molecule has 0 aliphatic heterocycles. The van der Waals surface area contributed by atoms with E-state index < -0.39 is 46.3 Å². The molecule has 1 fully saturated rings. The van der Waals surface area contributed by atoms with Gasteiger partial charge in [0.15, 0.2) is 11.2 Å². The van der Waals surface area contributed by atoms with E-state index in [-0.39, 0.29) is 18.9 Å². The van der Waals surface area contributed by atoms with Crippen molar-refractivity contribution in [1.29, 1.82) is 0 Å². The molecule has 2 heterocycles. The van der Waals surface area contributed by atoms with E-state index >= 15 is 0 Å². The first-order valence-corrected chi connectivity index (χ1v) is 16.7. The molecule has 1 aromatic carbocycles. The first-order chi connectivity index (χ1) is 21.5. The summed E-state index contributed by atoms with van der Waals surface area (Å²) < 4.78 is 18.8. The Balaban J connectivity index is 1.51. The molecule has 46 heavy (non-hydrogen) atoms. The number of fused-ring (bicyclic) bond motifs is 2. The van der Waals surface area contributed by atoms with Gasteiger partial charge in [-0.25, -0.2) is 4.68 Å². The second kappa shape index (κ2) is 12.7. The van der Waals surface area contributed by atoms with E-state index in [1.807, 2.05) is 12.1 Å². The number of allylic oxidation sites excluding steroid dienone is 1. The fourth-order valence-electron chi connectivity index (χ4n) is 5.38. The minimum Gasteiger partial charge on any atom is -0.498 e. The molecule has 0 spiro atoms. The number of carbonyl (C=O) groups excluding carboxylic acids is 3. The normalized spacial score (nSPS) is 16.8. The van der Waals surface area contributed by atoms with Crippen molar-refractivity contribution in [3.8, 4) is 0 Å². The maximum absolute atomic E-state index is 14.1. The molecule has 1 atom stereocenters. The third-order valence-electron chi connectivity index (χ3n) is 8.02. The van der Waals surface area contributed by atoms with Gasteiger partial charge in [0.25, 0.3) is 5.56 Å². The highest BCUT2D eigenvalue weighted by Crippen LogP contribution is 2.42. The molecule has 3 aromatic rings. The highest BCUT2D eigenvalue weighted by atomic mass is 32.1. The Morgan fingerprint density at radius 2 is 1.65 bits per heavy atom. The van der Waals surface area contributed by atoms with Crippen LogP contribution in [0, 0.1) is 11.3 Å². The Kier molecular flexibility index (Phi) is 9.28. The van der Waals surface area contributed by atoms with Gasteiger partial charge in [0.05, 0.1) is 22.6 Å². The van der Waals surface area contributed by atoms with Gasteiger partial charge >= 0.3 is 11.9 Å². The maximum atomic E-state index is 14.1. The van der Waals surface area contributed by atoms with Crippen LogP contribution in [0.1, 0.15) is 107 Å². The lowest BCUT2D eigenvalue weighted by Gasteiger charge is -2.34. The van der Waals surface area contributed by atoms with Gasteiger partial charge < -0.3 is 14.2 Å². The van der Waals surface area contributed by atoms with Crippen molar-refractivity contribution in [3.63, 3.8) is 0 Å². The first kappa shape index (κ1) is 33.5. The van der Waals surface area contributed by atoms with Gasteiger partial charge in [0.1, 0.15) is 16.7 Å². The highest BCUT2D eigenvalue weighted by molar-refractivity contribution is 7.15. The molecule has 5 rings (SSSR count). The standard InChI is InChI=1S/C35H43N3O7S/c1-21-16-23(43-20-22-12-13-22)17-28-25(21)18-29(46-28)27(39)19-35(31(41)44-33(2,3)4,32(42)45-34(5,6)7)14-15-38-30(40)24-10-8-9-11-26(24)36-37-38/h8-11,17-18,21-22H,12-16,19-20H2,1-7H3. The minimum atomic E-state index is -2.06. The Bertz CT molecular complexity index is 1710. The van der Waals surface area contributed by atoms with E-state index in [9.17, 15) is 19.2 Å². The van der Waals surface area contributed by atoms with E-state index in [0.717, 1.165) is 27.3 Å². The van der Waals surface area contributed by atoms with Crippen molar-refractivity contribution in [3.05, 3.63) is 61.8 Å². The summed E-state index contributed by atoms with van der Waals surface area (Å²) in [5.41, 5.74) is -2.96. The van der Waals surface area contributed by atoms with Gasteiger partial charge in [-0.15, -0.1) is 16.4 Å². The smallest absolute Gasteiger partial charge is 0.324 e. The molecule has 0 N–H and O–H groups in total. The summed E-state index contributed by atoms with van der Waals surface area (Å²) in [6, 6.07) is 8.65. The summed E-state index contributed by atoms with van der Waals surface area (Å²) in [6.45, 7) is 12.8. The molecule has 1 saturated carbocycles. The number of thiophene rings is 1. The van der Waals surface area contributed by atoms with E-state index in [4.69, 9.17) is 14.2 Å². The summed E-state index contributed by atoms with van der Waals surface area (Å²) in [6.07, 6.45) is 4.37. The molecule has 1 unspecified atom stereocenters. The number of Topliss-reactive ketones (excluding diaryl/α,β-unsaturated/α-hetero) is 1. The molecule has 0 bridgehead atoms. The maximum Gasteiger partial charge on any atom is 0.324 e. The number of nitrogens with zero attached hydrogens (tertiary/aromatic N) is 3. The lowest BCUT2D eigenvalue weighted by atomic mass is 9.78. The minimum absolute atomic E-state index is 0.145. The average molecular weight is 650 g/mol. The number of aryl methyl sites for hydroxylation is 1. The zero-order valence-electron chi connectivity index (χ0n) is 27.7. The number of ether oxygens (including phenoxy) is 3. The van der Waals surface area contributed by atoms with Gasteiger partial charge in [-0.3, -0.25) is 19.2 Å². The van der Waals surface area contributed by atoms with Crippen LogP contribution < -0.4 is 5.56 Å². The van der Waals surface area contributed by atoms with Crippen LogP contribution in [0.4, 0.5) is 0 Å². The van der Waals surface area contributed by atoms with Crippen LogP contribution >= 0.6 is 11.3 Å². The number of rotatable bonds is 11. The zero-order chi connectivity index (χ0) is 33.4. The Morgan fingerprint density at radius 3 is 2.28 bits per heavy atom. The van der Waals surface area contributed by atoms with Crippen LogP contribution in [0.5, 0.6) is 0 Å². The third-order valence-corrected chi connectivity index (χ3v) is 9.16. The van der Waals surface area contributed by atoms with Crippen molar-refractivity contribution in [2.45, 2.75) is 104 Å². The molecule has 2 aliphatic rings. The lowest BCUT2D eigenvalue weighted by molar-refractivity contribution is -0.186. The quantitative estimate of drug-likeness (QED) is 0.131. The van der Waals surface area contributed by atoms with E-state index in [1.54, 1.807) is 65.8 Å². The van der Waals surface area contributed by atoms with Gasteiger partial charge in [0, 0.05) is 24.3 Å². The van der Waals surface area contributed by atoms with Crippen LogP contribution in [0.15, 0.2) is 40.9 Å². The lowest BCUT2D eigenvalue weighted by Crippen LogP contribution is -2.49. The summed E-state index contributed by atoms with van der Waals surface area (Å²) in [4.78, 5) is 57.0. The summed E-state index contributed by atoms with van der Waals surface area (Å²) in [7, 11) is 0. The van der Waals surface area contributed by atoms with Gasteiger partial charge in [-0.05, 0) is 102 Å². The molecule has 11 heteroatoms. The molecule has 2 aliphatic carbocycles. The molecule has 10 nitrogen and oxygen atoms in total. The number of ketones is 1. The number of benzene rings is 1. The largest absolute Gasteiger partial charge is 0.498 e. The zero-order valence-corrected chi connectivity index (χ0v) is 28.5. The Morgan fingerprint density at radius 1 is 1.00 bits per heavy atom. The summed E-state index contributed by atoms with van der Waals surface area (Å²) in [5.74, 6) is -0.500. The van der Waals surface area contributed by atoms with Crippen LogP contribution in [-0.2, 0) is 30.3 Å². The number of esters is 2. The van der Waals surface area contributed by atoms with E-state index in [2.05, 4.69) is 17.2 Å². The first-order valence-electron chi connectivity index (χ1n) is 15.8. The Hall–Kier alpha value is -3.86. The van der Waals surface area contributed by atoms with Gasteiger partial charge in [-0.2, -0.15) is 0 Å². The molecule has 0 radical (unpaired) electrons. The topological polar surface area (TPSA) is 127 Å². The fourth-order valence-corrected chi connectivity index (χ4v) is 6.56. The second-order valence-corrected chi connectivity index (χ2v) is 15.6. The molecule has 0 amide bonds. The second-order valence-electron chi connectivity index (χ2n) is 14.5. The number of hydrogen-bond donors (Lipinski definition) is 0. The predicted octanol–water partition coefficient (Wildman–Crippen LogP) is 6.46. The number of hydrogen-bond acceptors (Lipinski definition) is 10. The van der Waals surface area contributed by atoms with Crippen molar-refractivity contribution in [1.82, 2.24) is 15.0 Å².